The molecule has 2 heterocycles. The second kappa shape index (κ2) is 5.36. The highest BCUT2D eigenvalue weighted by atomic mass is 16.2. The zero-order valence-electron chi connectivity index (χ0n) is 13.6. The summed E-state index contributed by atoms with van der Waals surface area (Å²) < 4.78 is 0. The molecule has 1 saturated carbocycles. The number of rotatable bonds is 2. The van der Waals surface area contributed by atoms with Crippen molar-refractivity contribution in [2.45, 2.75) is 37.1 Å². The fourth-order valence-corrected chi connectivity index (χ4v) is 4.70. The smallest absolute Gasteiger partial charge is 0.317 e. The lowest BCUT2D eigenvalue weighted by atomic mass is 9.93. The van der Waals surface area contributed by atoms with Crippen LogP contribution < -0.4 is 5.32 Å². The summed E-state index contributed by atoms with van der Waals surface area (Å²) in [5.41, 5.74) is 4.13. The predicted molar refractivity (Wildman–Crippen MR) is 90.8 cm³/mol. The lowest BCUT2D eigenvalue weighted by Gasteiger charge is -2.32. The van der Waals surface area contributed by atoms with E-state index in [0.717, 1.165) is 32.4 Å². The Balaban J connectivity index is 1.23. The Bertz CT molecular complexity index is 756. The van der Waals surface area contributed by atoms with Gasteiger partial charge < -0.3 is 10.2 Å². The first-order valence-electron chi connectivity index (χ1n) is 8.93. The van der Waals surface area contributed by atoms with Crippen molar-refractivity contribution >= 4 is 6.03 Å². The second-order valence-corrected chi connectivity index (χ2v) is 7.38. The number of aromatic amines is 1. The first kappa shape index (κ1) is 14.1. The summed E-state index contributed by atoms with van der Waals surface area (Å²) in [4.78, 5) is 14.7. The Morgan fingerprint density at radius 3 is 3.12 bits per heavy atom. The van der Waals surface area contributed by atoms with Crippen molar-refractivity contribution < 1.29 is 4.79 Å². The van der Waals surface area contributed by atoms with Crippen LogP contribution in [-0.4, -0.2) is 40.3 Å². The Kier molecular flexibility index (Phi) is 3.15. The van der Waals surface area contributed by atoms with Crippen LogP contribution >= 0.6 is 0 Å². The Hall–Kier alpha value is -2.30. The number of fused-ring (bicyclic) bond motifs is 3. The van der Waals surface area contributed by atoms with Crippen LogP contribution in [0.2, 0.25) is 0 Å². The molecule has 0 unspecified atom stereocenters. The van der Waals surface area contributed by atoms with Crippen LogP contribution in [0.25, 0.3) is 0 Å². The Morgan fingerprint density at radius 2 is 2.25 bits per heavy atom. The number of urea groups is 1. The van der Waals surface area contributed by atoms with Crippen LogP contribution in [0.1, 0.15) is 41.4 Å². The van der Waals surface area contributed by atoms with Gasteiger partial charge in [0, 0.05) is 37.2 Å². The van der Waals surface area contributed by atoms with Crippen LogP contribution in [0.5, 0.6) is 0 Å². The van der Waals surface area contributed by atoms with Gasteiger partial charge in [-0.25, -0.2) is 4.79 Å². The van der Waals surface area contributed by atoms with Gasteiger partial charge in [0.05, 0.1) is 6.20 Å². The fourth-order valence-electron chi connectivity index (χ4n) is 4.70. The third kappa shape index (κ3) is 2.22. The van der Waals surface area contributed by atoms with Gasteiger partial charge >= 0.3 is 6.03 Å². The molecule has 1 aromatic carbocycles. The number of hydrogen-bond acceptors (Lipinski definition) is 2. The van der Waals surface area contributed by atoms with E-state index in [1.165, 1.54) is 16.7 Å². The van der Waals surface area contributed by atoms with Crippen molar-refractivity contribution in [2.75, 3.05) is 13.1 Å². The molecular formula is C19H22N4O. The number of piperidine rings is 1. The van der Waals surface area contributed by atoms with Gasteiger partial charge in [-0.1, -0.05) is 24.3 Å². The van der Waals surface area contributed by atoms with Crippen molar-refractivity contribution in [3.63, 3.8) is 0 Å². The summed E-state index contributed by atoms with van der Waals surface area (Å²) in [6.07, 6.45) is 7.14. The Labute approximate surface area is 141 Å². The molecule has 1 aliphatic heterocycles. The third-order valence-corrected chi connectivity index (χ3v) is 6.03. The van der Waals surface area contributed by atoms with Crippen LogP contribution in [0, 0.1) is 5.92 Å². The third-order valence-electron chi connectivity index (χ3n) is 6.03. The lowest BCUT2D eigenvalue weighted by Crippen LogP contribution is -2.46. The number of benzene rings is 1. The highest BCUT2D eigenvalue weighted by molar-refractivity contribution is 5.76. The standard InChI is InChI=1S/C19H22N4O/c24-19(23-7-3-5-13(11-23)14-9-20-21-10-14)22-18-16-8-12-4-1-2-6-15(12)17(16)18/h1-2,4,6,9-10,13,16-18H,3,5,7-8,11H2,(H,20,21)(H,22,24)/t13-,16-,17-,18-/m1/s1. The summed E-state index contributed by atoms with van der Waals surface area (Å²) in [6.45, 7) is 1.66. The molecule has 2 aromatic rings. The van der Waals surface area contributed by atoms with E-state index in [2.05, 4.69) is 39.8 Å². The van der Waals surface area contributed by atoms with Gasteiger partial charge in [-0.15, -0.1) is 0 Å². The molecule has 0 bridgehead atoms. The van der Waals surface area contributed by atoms with E-state index < -0.39 is 0 Å². The number of H-pyrrole nitrogens is 1. The number of hydrogen-bond donors (Lipinski definition) is 2. The number of aromatic nitrogens is 2. The quantitative estimate of drug-likeness (QED) is 0.893. The molecule has 2 fully saturated rings. The minimum absolute atomic E-state index is 0.111. The summed E-state index contributed by atoms with van der Waals surface area (Å²) in [5, 5.41) is 10.2. The van der Waals surface area contributed by atoms with Crippen LogP contribution in [0.3, 0.4) is 0 Å². The minimum Gasteiger partial charge on any atom is -0.334 e. The number of amides is 2. The second-order valence-electron chi connectivity index (χ2n) is 7.38. The minimum atomic E-state index is 0.111. The predicted octanol–water partition coefficient (Wildman–Crippen LogP) is 2.64. The molecule has 24 heavy (non-hydrogen) atoms. The monoisotopic (exact) mass is 322 g/mol. The normalized spacial score (nSPS) is 30.6. The first-order valence-corrected chi connectivity index (χ1v) is 8.93. The molecule has 124 valence electrons. The van der Waals surface area contributed by atoms with Gasteiger partial charge in [0.2, 0.25) is 0 Å². The van der Waals surface area contributed by atoms with Crippen LogP contribution in [0.15, 0.2) is 36.7 Å². The molecule has 2 N–H and O–H groups in total. The summed E-state index contributed by atoms with van der Waals surface area (Å²) in [6, 6.07) is 9.11. The number of likely N-dealkylation sites (tertiary alicyclic amines) is 1. The largest absolute Gasteiger partial charge is 0.334 e. The van der Waals surface area contributed by atoms with E-state index >= 15 is 0 Å². The van der Waals surface area contributed by atoms with E-state index in [-0.39, 0.29) is 6.03 Å². The van der Waals surface area contributed by atoms with Gasteiger partial charge in [-0.3, -0.25) is 5.10 Å². The lowest BCUT2D eigenvalue weighted by molar-refractivity contribution is 0.178. The van der Waals surface area contributed by atoms with Crippen molar-refractivity contribution in [3.8, 4) is 0 Å². The molecule has 5 rings (SSSR count). The Morgan fingerprint density at radius 1 is 1.33 bits per heavy atom. The maximum absolute atomic E-state index is 12.7. The van der Waals surface area contributed by atoms with Gasteiger partial charge in [0.15, 0.2) is 0 Å². The maximum atomic E-state index is 12.7. The molecule has 0 radical (unpaired) electrons. The number of nitrogens with one attached hydrogen (secondary N) is 2. The van der Waals surface area contributed by atoms with E-state index in [9.17, 15) is 4.79 Å². The molecule has 4 atom stereocenters. The molecule has 2 amide bonds. The molecule has 2 aliphatic carbocycles. The summed E-state index contributed by atoms with van der Waals surface area (Å²) in [5.74, 6) is 1.56. The van der Waals surface area contributed by atoms with Gasteiger partial charge in [0.25, 0.3) is 0 Å². The highest BCUT2D eigenvalue weighted by Crippen LogP contribution is 2.56. The molecule has 5 nitrogen and oxygen atoms in total. The van der Waals surface area contributed by atoms with Crippen LogP contribution in [0.4, 0.5) is 4.79 Å². The highest BCUT2D eigenvalue weighted by Gasteiger charge is 2.56. The molecule has 5 heteroatoms. The van der Waals surface area contributed by atoms with Gasteiger partial charge in [-0.2, -0.15) is 5.10 Å². The van der Waals surface area contributed by atoms with E-state index in [4.69, 9.17) is 0 Å². The first-order chi connectivity index (χ1) is 11.8. The summed E-state index contributed by atoms with van der Waals surface area (Å²) in [7, 11) is 0. The number of carbonyl (C=O) groups is 1. The topological polar surface area (TPSA) is 61.0 Å². The zero-order chi connectivity index (χ0) is 16.1. The summed E-state index contributed by atoms with van der Waals surface area (Å²) >= 11 is 0. The molecule has 0 spiro atoms. The van der Waals surface area contributed by atoms with Crippen LogP contribution in [-0.2, 0) is 6.42 Å². The van der Waals surface area contributed by atoms with Crippen molar-refractivity contribution in [1.29, 1.82) is 0 Å². The van der Waals surface area contributed by atoms with E-state index in [1.807, 2.05) is 17.3 Å². The van der Waals surface area contributed by atoms with Crippen molar-refractivity contribution in [2.24, 2.45) is 5.92 Å². The molecule has 1 saturated heterocycles. The van der Waals surface area contributed by atoms with Gasteiger partial charge in [0.1, 0.15) is 0 Å². The van der Waals surface area contributed by atoms with Gasteiger partial charge in [-0.05, 0) is 41.9 Å². The van der Waals surface area contributed by atoms with Crippen molar-refractivity contribution in [3.05, 3.63) is 53.3 Å². The van der Waals surface area contributed by atoms with E-state index in [1.54, 1.807) is 0 Å². The van der Waals surface area contributed by atoms with E-state index in [0.29, 0.717) is 23.8 Å². The molecule has 1 aromatic heterocycles. The maximum Gasteiger partial charge on any atom is 0.317 e. The average Bonchev–Trinajstić information content (AvgIpc) is 3.02. The number of carbonyl (C=O) groups excluding carboxylic acids is 1. The fraction of sp³-hybridized carbons (Fsp3) is 0.474. The SMILES string of the molecule is O=C(N[C@@H]1[C@@H]2Cc3ccccc3[C@H]21)N1CCC[C@@H](c2cn[nH]c2)C1. The van der Waals surface area contributed by atoms with Crippen molar-refractivity contribution in [1.82, 2.24) is 20.4 Å². The number of nitrogens with zero attached hydrogens (tertiary/aromatic N) is 2. The zero-order valence-corrected chi connectivity index (χ0v) is 13.6. The molecule has 3 aliphatic rings. The molecular weight excluding hydrogens is 300 g/mol. The average molecular weight is 322 g/mol.